The van der Waals surface area contributed by atoms with E-state index in [4.69, 9.17) is 14.2 Å². The number of ether oxygens (including phenoxy) is 3. The van der Waals surface area contributed by atoms with Gasteiger partial charge in [-0.1, -0.05) is 98.4 Å². The van der Waals surface area contributed by atoms with Crippen LogP contribution in [0.3, 0.4) is 0 Å². The van der Waals surface area contributed by atoms with Crippen LogP contribution in [0.1, 0.15) is 60.5 Å². The van der Waals surface area contributed by atoms with Crippen molar-refractivity contribution in [3.8, 4) is 11.1 Å². The Bertz CT molecular complexity index is 2030. The molecule has 2 saturated heterocycles. The van der Waals surface area contributed by atoms with Gasteiger partial charge in [0.05, 0.1) is 29.8 Å². The van der Waals surface area contributed by atoms with Crippen LogP contribution in [0.4, 0.5) is 4.79 Å². The zero-order chi connectivity index (χ0) is 36.0. The van der Waals surface area contributed by atoms with E-state index in [1.807, 2.05) is 71.3 Å². The van der Waals surface area contributed by atoms with Crippen LogP contribution in [-0.2, 0) is 27.4 Å². The highest BCUT2D eigenvalue weighted by Crippen LogP contribution is 2.42. The lowest BCUT2D eigenvalue weighted by Crippen LogP contribution is -2.47. The van der Waals surface area contributed by atoms with Gasteiger partial charge in [0.1, 0.15) is 6.61 Å². The predicted molar refractivity (Wildman–Crippen MR) is 201 cm³/mol. The fourth-order valence-corrected chi connectivity index (χ4v) is 7.43. The third-order valence-electron chi connectivity index (χ3n) is 10.3. The number of H-pyrrole nitrogens is 1. The van der Waals surface area contributed by atoms with Gasteiger partial charge in [0, 0.05) is 43.7 Å². The third kappa shape index (κ3) is 7.90. The molecule has 10 nitrogen and oxygen atoms in total. The number of nitrogens with one attached hydrogen (secondary N) is 2. The van der Waals surface area contributed by atoms with Crippen LogP contribution in [0.5, 0.6) is 0 Å². The van der Waals surface area contributed by atoms with E-state index < -0.39 is 12.4 Å². The van der Waals surface area contributed by atoms with Gasteiger partial charge < -0.3 is 34.5 Å². The number of hydrogen-bond acceptors (Lipinski definition) is 7. The Balaban J connectivity index is 1.06. The molecule has 4 unspecified atom stereocenters. The van der Waals surface area contributed by atoms with Crippen molar-refractivity contribution in [2.75, 3.05) is 26.2 Å². The first-order valence-electron chi connectivity index (χ1n) is 18.0. The lowest BCUT2D eigenvalue weighted by Gasteiger charge is -2.44. The number of piperidine rings is 1. The molecule has 0 aliphatic carbocycles. The minimum atomic E-state index is -0.572. The van der Waals surface area contributed by atoms with Gasteiger partial charge in [0.25, 0.3) is 0 Å². The fraction of sp³-hybridized carbons (Fsp3) is 0.333. The monoisotopic (exact) mass is 702 g/mol. The van der Waals surface area contributed by atoms with E-state index in [1.165, 1.54) is 6.08 Å². The average Bonchev–Trinajstić information content (AvgIpc) is 3.53. The van der Waals surface area contributed by atoms with Gasteiger partial charge in [-0.25, -0.2) is 9.59 Å². The van der Waals surface area contributed by atoms with Crippen LogP contribution in [0.2, 0.25) is 0 Å². The van der Waals surface area contributed by atoms with E-state index in [2.05, 4.69) is 59.0 Å². The number of aromatic amines is 1. The number of carbonyl (C=O) groups is 1. The number of alkyl carbamates (subject to hydrolysis) is 1. The molecule has 0 bridgehead atoms. The summed E-state index contributed by atoms with van der Waals surface area (Å²) in [7, 11) is 0. The van der Waals surface area contributed by atoms with Crippen LogP contribution >= 0.6 is 0 Å². The van der Waals surface area contributed by atoms with Crippen molar-refractivity contribution in [3.05, 3.63) is 142 Å². The largest absolute Gasteiger partial charge is 0.445 e. The molecule has 10 heteroatoms. The molecule has 270 valence electrons. The molecule has 52 heavy (non-hydrogen) atoms. The second-order valence-corrected chi connectivity index (χ2v) is 13.7. The molecule has 3 N–H and O–H groups in total. The normalized spacial score (nSPS) is 21.2. The molecule has 5 aromatic rings. The van der Waals surface area contributed by atoms with Crippen LogP contribution < -0.4 is 11.0 Å². The highest BCUT2D eigenvalue weighted by Gasteiger charge is 2.39. The maximum atomic E-state index is 12.9. The van der Waals surface area contributed by atoms with Crippen molar-refractivity contribution < 1.29 is 24.1 Å². The fourth-order valence-electron chi connectivity index (χ4n) is 7.43. The zero-order valence-corrected chi connectivity index (χ0v) is 29.4. The van der Waals surface area contributed by atoms with Crippen LogP contribution in [0, 0.1) is 5.92 Å². The number of rotatable bonds is 11. The number of aliphatic hydroxyl groups is 1. The smallest absolute Gasteiger partial charge is 0.407 e. The van der Waals surface area contributed by atoms with Crippen LogP contribution in [0.25, 0.3) is 22.2 Å². The average molecular weight is 703 g/mol. The molecule has 3 heterocycles. The number of aliphatic hydroxyl groups excluding tert-OH is 1. The highest BCUT2D eigenvalue weighted by molar-refractivity contribution is 5.75. The van der Waals surface area contributed by atoms with Gasteiger partial charge in [0.2, 0.25) is 0 Å². The lowest BCUT2D eigenvalue weighted by atomic mass is 9.89. The second kappa shape index (κ2) is 16.1. The number of likely N-dealkylation sites (tertiary alicyclic amines) is 1. The molecule has 0 spiro atoms. The minimum absolute atomic E-state index is 0.00954. The summed E-state index contributed by atoms with van der Waals surface area (Å²) in [5.41, 5.74) is 7.65. The topological polar surface area (TPSA) is 118 Å². The first kappa shape index (κ1) is 35.4. The Hall–Kier alpha value is -5.00. The number of nitrogens with zero attached hydrogens (tertiary/aromatic N) is 2. The molecule has 4 aromatic carbocycles. The molecule has 7 rings (SSSR count). The standard InChI is InChI=1S/C42H46N4O6/c1-3-23-50-42(49)43-25-30-7-6-8-34(24-30)31-15-17-33(18-16-31)40-51-38(28(2)39(52-40)32-13-11-29(27-47)12-14-32)26-45-21-19-35(20-22-45)46-37-10-5-4-9-36(37)44-41(46)48/h3-18,24,28,35,38-40,47H,1,19-23,25-27H2,2H3,(H,43,49)(H,44,48). The zero-order valence-electron chi connectivity index (χ0n) is 29.4. The Morgan fingerprint density at radius 3 is 2.44 bits per heavy atom. The third-order valence-corrected chi connectivity index (χ3v) is 10.3. The number of hydrogen-bond donors (Lipinski definition) is 3. The van der Waals surface area contributed by atoms with Gasteiger partial charge >= 0.3 is 11.8 Å². The molecule has 2 fully saturated rings. The maximum absolute atomic E-state index is 12.9. The number of para-hydroxylation sites is 2. The molecular weight excluding hydrogens is 656 g/mol. The number of aromatic nitrogens is 2. The molecule has 0 saturated carbocycles. The highest BCUT2D eigenvalue weighted by atomic mass is 16.7. The Morgan fingerprint density at radius 2 is 1.69 bits per heavy atom. The SMILES string of the molecule is C=CCOC(=O)NCc1cccc(-c2ccc(C3OC(CN4CCC(n5c(=O)[nH]c6ccccc65)CC4)C(C)C(c4ccc(CO)cc4)O3)cc2)c1. The summed E-state index contributed by atoms with van der Waals surface area (Å²) in [6, 6.07) is 32.3. The van der Waals surface area contributed by atoms with Crippen molar-refractivity contribution in [2.24, 2.45) is 5.92 Å². The molecule has 2 aliphatic rings. The van der Waals surface area contributed by atoms with Crippen molar-refractivity contribution in [2.45, 2.75) is 57.5 Å². The van der Waals surface area contributed by atoms with E-state index in [9.17, 15) is 14.7 Å². The lowest BCUT2D eigenvalue weighted by molar-refractivity contribution is -0.276. The molecule has 0 radical (unpaired) electrons. The van der Waals surface area contributed by atoms with Gasteiger partial charge in [-0.15, -0.1) is 0 Å². The van der Waals surface area contributed by atoms with E-state index in [-0.39, 0.29) is 43.1 Å². The van der Waals surface area contributed by atoms with Crippen LogP contribution in [-0.4, -0.2) is 58.0 Å². The Morgan fingerprint density at radius 1 is 0.942 bits per heavy atom. The van der Waals surface area contributed by atoms with Gasteiger partial charge in [-0.2, -0.15) is 0 Å². The molecule has 4 atom stereocenters. The van der Waals surface area contributed by atoms with Crippen LogP contribution in [0.15, 0.2) is 115 Å². The number of imidazole rings is 1. The minimum Gasteiger partial charge on any atom is -0.445 e. The summed E-state index contributed by atoms with van der Waals surface area (Å²) < 4.78 is 20.5. The predicted octanol–water partition coefficient (Wildman–Crippen LogP) is 7.03. The Kier molecular flexibility index (Phi) is 11.0. The van der Waals surface area contributed by atoms with Crippen molar-refractivity contribution in [3.63, 3.8) is 0 Å². The second-order valence-electron chi connectivity index (χ2n) is 13.7. The number of benzene rings is 4. The summed E-state index contributed by atoms with van der Waals surface area (Å²) in [4.78, 5) is 30.2. The quantitative estimate of drug-likeness (QED) is 0.127. The number of fused-ring (bicyclic) bond motifs is 1. The summed E-state index contributed by atoms with van der Waals surface area (Å²) in [5, 5.41) is 12.4. The van der Waals surface area contributed by atoms with E-state index >= 15 is 0 Å². The first-order valence-corrected chi connectivity index (χ1v) is 18.0. The van der Waals surface area contributed by atoms with E-state index in [0.29, 0.717) is 6.54 Å². The first-order chi connectivity index (χ1) is 25.4. The molecule has 2 aliphatic heterocycles. The van der Waals surface area contributed by atoms with E-state index in [0.717, 1.165) is 76.9 Å². The molecular formula is C42H46N4O6. The summed E-state index contributed by atoms with van der Waals surface area (Å²) in [5.74, 6) is 0.0647. The summed E-state index contributed by atoms with van der Waals surface area (Å²) in [6.07, 6.45) is 1.93. The van der Waals surface area contributed by atoms with Gasteiger partial charge in [-0.3, -0.25) is 4.57 Å². The van der Waals surface area contributed by atoms with Gasteiger partial charge in [-0.05, 0) is 58.9 Å². The molecule has 1 aromatic heterocycles. The summed E-state index contributed by atoms with van der Waals surface area (Å²) in [6.45, 7) is 8.74. The number of amides is 1. The van der Waals surface area contributed by atoms with E-state index in [1.54, 1.807) is 0 Å². The van der Waals surface area contributed by atoms with Crippen molar-refractivity contribution in [1.82, 2.24) is 19.8 Å². The summed E-state index contributed by atoms with van der Waals surface area (Å²) >= 11 is 0. The van der Waals surface area contributed by atoms with Crippen molar-refractivity contribution >= 4 is 17.1 Å². The van der Waals surface area contributed by atoms with Gasteiger partial charge in [0.15, 0.2) is 6.29 Å². The maximum Gasteiger partial charge on any atom is 0.407 e. The molecule has 1 amide bonds. The Labute approximate surface area is 303 Å². The number of carbonyl (C=O) groups excluding carboxylic acids is 1. The van der Waals surface area contributed by atoms with Crippen molar-refractivity contribution in [1.29, 1.82) is 0 Å².